The second kappa shape index (κ2) is 5.99. The molecule has 1 heteroatoms. The Hall–Kier alpha value is -0.720. The maximum Gasteiger partial charge on any atom is 0.0497 e. The van der Waals surface area contributed by atoms with Gasteiger partial charge in [0.05, 0.1) is 0 Å². The van der Waals surface area contributed by atoms with E-state index in [-0.39, 0.29) is 0 Å². The lowest BCUT2D eigenvalue weighted by Gasteiger charge is -2.30. The van der Waals surface area contributed by atoms with Crippen molar-refractivity contribution < 1.29 is 0 Å². The topological polar surface area (TPSA) is 3.24 Å². The van der Waals surface area contributed by atoms with Crippen LogP contribution in [0.3, 0.4) is 0 Å². The van der Waals surface area contributed by atoms with Crippen LogP contribution in [0.5, 0.6) is 0 Å². The average Bonchev–Trinajstić information content (AvgIpc) is 2.66. The molecule has 1 fully saturated rings. The molecule has 0 radical (unpaired) electrons. The van der Waals surface area contributed by atoms with Crippen molar-refractivity contribution in [2.45, 2.75) is 58.4 Å². The first kappa shape index (κ1) is 12.4. The van der Waals surface area contributed by atoms with Gasteiger partial charge in [0, 0.05) is 18.3 Å². The highest BCUT2D eigenvalue weighted by molar-refractivity contribution is 5.13. The molecular formula is C14H25N. The van der Waals surface area contributed by atoms with Crippen molar-refractivity contribution in [1.29, 1.82) is 0 Å². The van der Waals surface area contributed by atoms with Crippen LogP contribution in [0.1, 0.15) is 52.4 Å². The first-order valence-corrected chi connectivity index (χ1v) is 6.32. The van der Waals surface area contributed by atoms with Crippen LogP contribution < -0.4 is 0 Å². The van der Waals surface area contributed by atoms with E-state index in [1.807, 2.05) is 0 Å². The first-order valence-electron chi connectivity index (χ1n) is 6.32. The summed E-state index contributed by atoms with van der Waals surface area (Å²) in [6.45, 7) is 14.1. The van der Waals surface area contributed by atoms with E-state index in [2.05, 4.69) is 31.9 Å². The largest absolute Gasteiger partial charge is 0.369 e. The molecule has 0 aromatic heterocycles. The van der Waals surface area contributed by atoms with Crippen molar-refractivity contribution in [3.05, 3.63) is 24.4 Å². The van der Waals surface area contributed by atoms with Crippen LogP contribution in [-0.4, -0.2) is 17.5 Å². The molecule has 1 saturated heterocycles. The third kappa shape index (κ3) is 3.12. The molecule has 0 aromatic rings. The van der Waals surface area contributed by atoms with Gasteiger partial charge in [0.15, 0.2) is 0 Å². The summed E-state index contributed by atoms with van der Waals surface area (Å²) in [5, 5.41) is 0. The van der Waals surface area contributed by atoms with Gasteiger partial charge in [-0.2, -0.15) is 0 Å². The van der Waals surface area contributed by atoms with Gasteiger partial charge in [-0.1, -0.05) is 45.4 Å². The third-order valence-corrected chi connectivity index (χ3v) is 3.24. The predicted octanol–water partition coefficient (Wildman–Crippen LogP) is 4.12. The Morgan fingerprint density at radius 3 is 2.47 bits per heavy atom. The van der Waals surface area contributed by atoms with E-state index in [1.54, 1.807) is 0 Å². The Morgan fingerprint density at radius 1 is 1.20 bits per heavy atom. The summed E-state index contributed by atoms with van der Waals surface area (Å²) >= 11 is 0. The molecule has 0 aromatic carbocycles. The minimum atomic E-state index is 0.587. The monoisotopic (exact) mass is 207 g/mol. The van der Waals surface area contributed by atoms with Gasteiger partial charge >= 0.3 is 0 Å². The fourth-order valence-corrected chi connectivity index (χ4v) is 2.49. The molecule has 86 valence electrons. The SMILES string of the molecule is C=C(CCC)C1CCCN1C(=C)CCC. The maximum absolute atomic E-state index is 4.24. The lowest BCUT2D eigenvalue weighted by atomic mass is 10.0. The maximum atomic E-state index is 4.24. The highest BCUT2D eigenvalue weighted by Gasteiger charge is 2.26. The Labute approximate surface area is 94.9 Å². The van der Waals surface area contributed by atoms with Crippen molar-refractivity contribution >= 4 is 0 Å². The lowest BCUT2D eigenvalue weighted by Crippen LogP contribution is -2.29. The molecule has 0 spiro atoms. The highest BCUT2D eigenvalue weighted by atomic mass is 15.2. The molecule has 0 aliphatic carbocycles. The number of nitrogens with zero attached hydrogens (tertiary/aromatic N) is 1. The summed E-state index contributed by atoms with van der Waals surface area (Å²) in [7, 11) is 0. The summed E-state index contributed by atoms with van der Waals surface area (Å²) in [5.41, 5.74) is 2.73. The van der Waals surface area contributed by atoms with E-state index in [4.69, 9.17) is 0 Å². The van der Waals surface area contributed by atoms with Gasteiger partial charge in [-0.05, 0) is 25.7 Å². The summed E-state index contributed by atoms with van der Waals surface area (Å²) in [6.07, 6.45) is 7.29. The number of hydrogen-bond donors (Lipinski definition) is 0. The van der Waals surface area contributed by atoms with Gasteiger partial charge in [-0.3, -0.25) is 0 Å². The first-order chi connectivity index (χ1) is 7.20. The normalized spacial score (nSPS) is 20.7. The fraction of sp³-hybridized carbons (Fsp3) is 0.714. The van der Waals surface area contributed by atoms with Crippen molar-refractivity contribution in [3.8, 4) is 0 Å². The molecule has 1 aliphatic heterocycles. The quantitative estimate of drug-likeness (QED) is 0.592. The van der Waals surface area contributed by atoms with Gasteiger partial charge in [0.2, 0.25) is 0 Å². The fourth-order valence-electron chi connectivity index (χ4n) is 2.49. The van der Waals surface area contributed by atoms with Crippen LogP contribution >= 0.6 is 0 Å². The molecule has 1 atom stereocenters. The molecule has 1 heterocycles. The van der Waals surface area contributed by atoms with Gasteiger partial charge in [-0.25, -0.2) is 0 Å². The van der Waals surface area contributed by atoms with E-state index in [9.17, 15) is 0 Å². The second-order valence-corrected chi connectivity index (χ2v) is 4.58. The van der Waals surface area contributed by atoms with Crippen LogP contribution in [-0.2, 0) is 0 Å². The summed E-state index contributed by atoms with van der Waals surface area (Å²) in [5.74, 6) is 0. The predicted molar refractivity (Wildman–Crippen MR) is 67.8 cm³/mol. The van der Waals surface area contributed by atoms with E-state index in [0.29, 0.717) is 6.04 Å². The zero-order valence-corrected chi connectivity index (χ0v) is 10.4. The summed E-state index contributed by atoms with van der Waals surface area (Å²) in [6, 6.07) is 0.587. The molecule has 0 N–H and O–H groups in total. The minimum absolute atomic E-state index is 0.587. The van der Waals surface area contributed by atoms with Crippen molar-refractivity contribution in [3.63, 3.8) is 0 Å². The van der Waals surface area contributed by atoms with Gasteiger partial charge in [0.25, 0.3) is 0 Å². The Bertz CT molecular complexity index is 205. The number of likely N-dealkylation sites (tertiary alicyclic amines) is 1. The minimum Gasteiger partial charge on any atom is -0.369 e. The van der Waals surface area contributed by atoms with Crippen LogP contribution in [0, 0.1) is 0 Å². The summed E-state index contributed by atoms with van der Waals surface area (Å²) in [4.78, 5) is 2.49. The van der Waals surface area contributed by atoms with Crippen LogP contribution in [0.25, 0.3) is 0 Å². The lowest BCUT2D eigenvalue weighted by molar-refractivity contribution is 0.337. The highest BCUT2D eigenvalue weighted by Crippen LogP contribution is 2.29. The van der Waals surface area contributed by atoms with Crippen molar-refractivity contribution in [1.82, 2.24) is 4.90 Å². The van der Waals surface area contributed by atoms with E-state index in [0.717, 1.165) is 6.42 Å². The van der Waals surface area contributed by atoms with Crippen LogP contribution in [0.2, 0.25) is 0 Å². The molecule has 0 bridgehead atoms. The number of allylic oxidation sites excluding steroid dienone is 1. The average molecular weight is 207 g/mol. The molecular weight excluding hydrogens is 182 g/mol. The van der Waals surface area contributed by atoms with E-state index in [1.165, 1.54) is 49.9 Å². The number of hydrogen-bond acceptors (Lipinski definition) is 1. The number of rotatable bonds is 6. The zero-order valence-electron chi connectivity index (χ0n) is 10.4. The smallest absolute Gasteiger partial charge is 0.0497 e. The van der Waals surface area contributed by atoms with Crippen LogP contribution in [0.15, 0.2) is 24.4 Å². The molecule has 1 unspecified atom stereocenters. The Kier molecular flexibility index (Phi) is 4.93. The molecule has 1 aliphatic rings. The summed E-state index contributed by atoms with van der Waals surface area (Å²) < 4.78 is 0. The Morgan fingerprint density at radius 2 is 1.87 bits per heavy atom. The molecule has 1 nitrogen and oxygen atoms in total. The van der Waals surface area contributed by atoms with Crippen LogP contribution in [0.4, 0.5) is 0 Å². The Balaban J connectivity index is 2.56. The van der Waals surface area contributed by atoms with Gasteiger partial charge in [0.1, 0.15) is 0 Å². The molecule has 0 amide bonds. The molecule has 0 saturated carbocycles. The van der Waals surface area contributed by atoms with Gasteiger partial charge < -0.3 is 4.90 Å². The molecule has 15 heavy (non-hydrogen) atoms. The van der Waals surface area contributed by atoms with E-state index >= 15 is 0 Å². The molecule has 1 rings (SSSR count). The third-order valence-electron chi connectivity index (χ3n) is 3.24. The zero-order chi connectivity index (χ0) is 11.3. The standard InChI is InChI=1S/C14H25N/c1-5-8-12(3)14-10-7-11-15(14)13(4)9-6-2/h14H,3-11H2,1-2H3. The second-order valence-electron chi connectivity index (χ2n) is 4.58. The van der Waals surface area contributed by atoms with Gasteiger partial charge in [-0.15, -0.1) is 0 Å². The van der Waals surface area contributed by atoms with E-state index < -0.39 is 0 Å². The van der Waals surface area contributed by atoms with Crippen molar-refractivity contribution in [2.24, 2.45) is 0 Å². The van der Waals surface area contributed by atoms with Crippen molar-refractivity contribution in [2.75, 3.05) is 6.54 Å².